The number of rotatable bonds is 3. The second-order valence-corrected chi connectivity index (χ2v) is 5.29. The summed E-state index contributed by atoms with van der Waals surface area (Å²) in [7, 11) is 0. The maximum Gasteiger partial charge on any atom is 0.195 e. The highest BCUT2D eigenvalue weighted by Crippen LogP contribution is 2.26. The van der Waals surface area contributed by atoms with E-state index in [1.807, 2.05) is 0 Å². The molecule has 0 aliphatic rings. The van der Waals surface area contributed by atoms with E-state index in [1.54, 1.807) is 0 Å². The van der Waals surface area contributed by atoms with E-state index >= 15 is 0 Å². The zero-order valence-corrected chi connectivity index (χ0v) is 11.1. The molecule has 0 aromatic carbocycles. The number of nitrogens with zero attached hydrogens (tertiary/aromatic N) is 2. The Morgan fingerprint density at radius 1 is 1.33 bits per heavy atom. The van der Waals surface area contributed by atoms with Crippen LogP contribution in [0.15, 0.2) is 0 Å². The Balaban J connectivity index is 3.26. The van der Waals surface area contributed by atoms with Crippen molar-refractivity contribution in [2.45, 2.75) is 58.9 Å². The first-order valence-electron chi connectivity index (χ1n) is 5.59. The molecule has 86 valence electrons. The maximum absolute atomic E-state index is 5.28. The Kier molecular flexibility index (Phi) is 3.71. The Morgan fingerprint density at radius 2 is 1.87 bits per heavy atom. The normalized spacial score (nSPS) is 12.4. The molecule has 4 heteroatoms. The average molecular weight is 227 g/mol. The molecule has 0 atom stereocenters. The van der Waals surface area contributed by atoms with E-state index in [9.17, 15) is 0 Å². The van der Waals surface area contributed by atoms with Crippen molar-refractivity contribution in [2.75, 3.05) is 0 Å². The van der Waals surface area contributed by atoms with Gasteiger partial charge in [0.05, 0.1) is 0 Å². The monoisotopic (exact) mass is 227 g/mol. The summed E-state index contributed by atoms with van der Waals surface area (Å²) in [5.74, 6) is 1.59. The summed E-state index contributed by atoms with van der Waals surface area (Å²) in [6.07, 6.45) is 2.21. The SMILES string of the molecule is CCC(CC)c1n[nH]c(=S)n1C(C)(C)C. The standard InChI is InChI=1S/C11H21N3S/c1-6-8(7-2)9-12-13-10(15)14(9)11(3,4)5/h8H,6-7H2,1-5H3,(H,13,15). The van der Waals surface area contributed by atoms with Gasteiger partial charge in [0.15, 0.2) is 4.77 Å². The minimum absolute atomic E-state index is 0.00199. The molecule has 1 N–H and O–H groups in total. The topological polar surface area (TPSA) is 33.6 Å². The van der Waals surface area contributed by atoms with Crippen molar-refractivity contribution in [1.82, 2.24) is 14.8 Å². The van der Waals surface area contributed by atoms with Crippen molar-refractivity contribution in [1.29, 1.82) is 0 Å². The molecule has 0 fully saturated rings. The lowest BCUT2D eigenvalue weighted by atomic mass is 10.0. The van der Waals surface area contributed by atoms with Crippen LogP contribution in [-0.4, -0.2) is 14.8 Å². The van der Waals surface area contributed by atoms with E-state index in [1.165, 1.54) is 0 Å². The number of nitrogens with one attached hydrogen (secondary N) is 1. The van der Waals surface area contributed by atoms with E-state index < -0.39 is 0 Å². The zero-order valence-electron chi connectivity index (χ0n) is 10.3. The Labute approximate surface area is 96.9 Å². The minimum atomic E-state index is 0.00199. The largest absolute Gasteiger partial charge is 0.299 e. The van der Waals surface area contributed by atoms with Gasteiger partial charge in [-0.3, -0.25) is 9.67 Å². The quantitative estimate of drug-likeness (QED) is 0.800. The lowest BCUT2D eigenvalue weighted by Gasteiger charge is -2.25. The van der Waals surface area contributed by atoms with Crippen molar-refractivity contribution in [3.05, 3.63) is 10.6 Å². The number of H-pyrrole nitrogens is 1. The molecule has 1 rings (SSSR count). The summed E-state index contributed by atoms with van der Waals surface area (Å²) < 4.78 is 2.87. The van der Waals surface area contributed by atoms with Crippen molar-refractivity contribution < 1.29 is 0 Å². The fraction of sp³-hybridized carbons (Fsp3) is 0.818. The van der Waals surface area contributed by atoms with Crippen LogP contribution in [0.1, 0.15) is 59.2 Å². The zero-order chi connectivity index (χ0) is 11.6. The van der Waals surface area contributed by atoms with Crippen LogP contribution in [0.5, 0.6) is 0 Å². The fourth-order valence-corrected chi connectivity index (χ4v) is 2.30. The molecule has 0 spiro atoms. The second-order valence-electron chi connectivity index (χ2n) is 4.91. The van der Waals surface area contributed by atoms with Crippen LogP contribution in [0, 0.1) is 4.77 Å². The van der Waals surface area contributed by atoms with Gasteiger partial charge in [0.25, 0.3) is 0 Å². The maximum atomic E-state index is 5.28. The van der Waals surface area contributed by atoms with Crippen LogP contribution in [0.25, 0.3) is 0 Å². The summed E-state index contributed by atoms with van der Waals surface area (Å²) >= 11 is 5.28. The van der Waals surface area contributed by atoms with E-state index in [-0.39, 0.29) is 5.54 Å². The molecular formula is C11H21N3S. The molecule has 0 bridgehead atoms. The molecule has 1 heterocycles. The molecule has 0 radical (unpaired) electrons. The summed E-state index contributed by atoms with van der Waals surface area (Å²) in [5, 5.41) is 7.28. The van der Waals surface area contributed by atoms with Gasteiger partial charge in [-0.2, -0.15) is 5.10 Å². The summed E-state index contributed by atoms with van der Waals surface area (Å²) in [5.41, 5.74) is 0.00199. The van der Waals surface area contributed by atoms with Gasteiger partial charge in [-0.25, -0.2) is 0 Å². The molecule has 15 heavy (non-hydrogen) atoms. The third-order valence-electron chi connectivity index (χ3n) is 2.72. The first kappa shape index (κ1) is 12.4. The van der Waals surface area contributed by atoms with Gasteiger partial charge in [0.2, 0.25) is 0 Å². The summed E-state index contributed by atoms with van der Waals surface area (Å²) in [4.78, 5) is 0. The van der Waals surface area contributed by atoms with Crippen molar-refractivity contribution >= 4 is 12.2 Å². The van der Waals surface area contributed by atoms with Gasteiger partial charge < -0.3 is 0 Å². The Hall–Kier alpha value is -0.640. The highest BCUT2D eigenvalue weighted by Gasteiger charge is 2.23. The smallest absolute Gasteiger partial charge is 0.195 e. The Bertz CT molecular complexity index is 366. The van der Waals surface area contributed by atoms with E-state index in [0.29, 0.717) is 5.92 Å². The van der Waals surface area contributed by atoms with Crippen LogP contribution < -0.4 is 0 Å². The number of aromatic nitrogens is 3. The molecule has 1 aromatic rings. The third-order valence-corrected chi connectivity index (χ3v) is 2.99. The molecule has 1 aromatic heterocycles. The van der Waals surface area contributed by atoms with Gasteiger partial charge in [-0.15, -0.1) is 0 Å². The van der Waals surface area contributed by atoms with Crippen LogP contribution in [0.2, 0.25) is 0 Å². The van der Waals surface area contributed by atoms with Crippen molar-refractivity contribution in [3.63, 3.8) is 0 Å². The number of hydrogen-bond acceptors (Lipinski definition) is 2. The highest BCUT2D eigenvalue weighted by atomic mass is 32.1. The number of aromatic amines is 1. The molecule has 0 unspecified atom stereocenters. The first-order chi connectivity index (χ1) is 6.91. The van der Waals surface area contributed by atoms with E-state index in [4.69, 9.17) is 12.2 Å². The fourth-order valence-electron chi connectivity index (χ4n) is 1.89. The van der Waals surface area contributed by atoms with Crippen LogP contribution >= 0.6 is 12.2 Å². The molecule has 0 amide bonds. The molecule has 3 nitrogen and oxygen atoms in total. The summed E-state index contributed by atoms with van der Waals surface area (Å²) in [6.45, 7) is 10.9. The van der Waals surface area contributed by atoms with Crippen LogP contribution in [-0.2, 0) is 5.54 Å². The summed E-state index contributed by atoms with van der Waals surface area (Å²) in [6, 6.07) is 0. The van der Waals surface area contributed by atoms with E-state index in [2.05, 4.69) is 49.4 Å². The molecule has 0 aliphatic heterocycles. The van der Waals surface area contributed by atoms with Gasteiger partial charge in [-0.05, 0) is 45.8 Å². The van der Waals surface area contributed by atoms with Crippen LogP contribution in [0.4, 0.5) is 0 Å². The second kappa shape index (κ2) is 4.47. The van der Waals surface area contributed by atoms with Gasteiger partial charge in [-0.1, -0.05) is 13.8 Å². The van der Waals surface area contributed by atoms with Gasteiger partial charge >= 0.3 is 0 Å². The molecule has 0 saturated heterocycles. The molecule has 0 saturated carbocycles. The van der Waals surface area contributed by atoms with Crippen molar-refractivity contribution in [3.8, 4) is 0 Å². The molecule has 0 aliphatic carbocycles. The van der Waals surface area contributed by atoms with E-state index in [0.717, 1.165) is 23.4 Å². The van der Waals surface area contributed by atoms with Gasteiger partial charge in [0.1, 0.15) is 5.82 Å². The average Bonchev–Trinajstić information content (AvgIpc) is 2.49. The van der Waals surface area contributed by atoms with Crippen molar-refractivity contribution in [2.24, 2.45) is 0 Å². The predicted molar refractivity (Wildman–Crippen MR) is 65.7 cm³/mol. The third kappa shape index (κ3) is 2.48. The minimum Gasteiger partial charge on any atom is -0.299 e. The van der Waals surface area contributed by atoms with Gasteiger partial charge in [0, 0.05) is 11.5 Å². The highest BCUT2D eigenvalue weighted by molar-refractivity contribution is 7.71. The van der Waals surface area contributed by atoms with Crippen LogP contribution in [0.3, 0.4) is 0 Å². The predicted octanol–water partition coefficient (Wildman–Crippen LogP) is 3.60. The Morgan fingerprint density at radius 3 is 2.27 bits per heavy atom. The number of hydrogen-bond donors (Lipinski definition) is 1. The lowest BCUT2D eigenvalue weighted by Crippen LogP contribution is -2.25. The first-order valence-corrected chi connectivity index (χ1v) is 6.00. The lowest BCUT2D eigenvalue weighted by molar-refractivity contribution is 0.363. The molecular weight excluding hydrogens is 206 g/mol.